The van der Waals surface area contributed by atoms with Crippen LogP contribution in [-0.4, -0.2) is 45.3 Å². The molecule has 0 saturated carbocycles. The third-order valence-electron chi connectivity index (χ3n) is 2.51. The van der Waals surface area contributed by atoms with Crippen LogP contribution in [0.25, 0.3) is 4.13 Å². The van der Waals surface area contributed by atoms with Gasteiger partial charge in [-0.05, 0) is 6.42 Å². The molecule has 15 heteroatoms. The van der Waals surface area contributed by atoms with Gasteiger partial charge >= 0.3 is 12.4 Å². The average Bonchev–Trinajstić information content (AvgIpc) is 2.75. The van der Waals surface area contributed by atoms with E-state index in [4.69, 9.17) is 0 Å². The molecule has 0 N–H and O–H groups in total. The number of hydrogen-bond donors (Lipinski definition) is 0. The molecule has 1 rings (SSSR count). The van der Waals surface area contributed by atoms with Crippen molar-refractivity contribution < 1.29 is 47.7 Å². The minimum Gasteiger partial charge on any atom is -0.436 e. The molecule has 1 aromatic rings. The lowest BCUT2D eigenvalue weighted by molar-refractivity contribution is -0.696. The summed E-state index contributed by atoms with van der Waals surface area (Å²) in [7, 11) is -9.07. The molecule has 0 atom stereocenters. The van der Waals surface area contributed by atoms with E-state index in [1.54, 1.807) is 4.13 Å². The van der Waals surface area contributed by atoms with E-state index < -0.39 is 43.9 Å². The van der Waals surface area contributed by atoms with Gasteiger partial charge in [0.15, 0.2) is 0 Å². The van der Waals surface area contributed by atoms with E-state index in [9.17, 15) is 43.2 Å². The topological polar surface area (TPSA) is 91.2 Å². The first-order valence-electron chi connectivity index (χ1n) is 7.29. The molecular formula is C12H19F6N3O4S2. The second-order valence-corrected chi connectivity index (χ2v) is 8.93. The molecule has 0 amide bonds. The molecule has 0 fully saturated rings. The molecule has 0 spiro atoms. The first-order valence-corrected chi connectivity index (χ1v) is 10.5. The van der Waals surface area contributed by atoms with Crippen LogP contribution in [0.4, 0.5) is 26.3 Å². The number of unbranched alkanes of at least 4 members (excludes halogenated alkanes) is 1. The summed E-state index contributed by atoms with van der Waals surface area (Å²) in [5, 5.41) is 0. The molecule has 27 heavy (non-hydrogen) atoms. The highest BCUT2D eigenvalue weighted by Crippen LogP contribution is 2.25. The Morgan fingerprint density at radius 3 is 1.70 bits per heavy atom. The fourth-order valence-corrected chi connectivity index (χ4v) is 4.25. The van der Waals surface area contributed by atoms with E-state index in [2.05, 4.69) is 34.8 Å². The molecule has 160 valence electrons. The Hall–Kier alpha value is -1.35. The van der Waals surface area contributed by atoms with Gasteiger partial charge in [-0.25, -0.2) is 26.0 Å². The van der Waals surface area contributed by atoms with Crippen LogP contribution in [0.3, 0.4) is 0 Å². The van der Waals surface area contributed by atoms with Crippen molar-refractivity contribution in [3.05, 3.63) is 22.8 Å². The summed E-state index contributed by atoms with van der Waals surface area (Å²) in [5.41, 5.74) is 0. The van der Waals surface area contributed by atoms with E-state index in [1.807, 2.05) is 7.05 Å². The summed E-state index contributed by atoms with van der Waals surface area (Å²) in [6.45, 7) is 3.36. The van der Waals surface area contributed by atoms with Crippen LogP contribution in [0.1, 0.15) is 19.8 Å². The predicted octanol–water partition coefficient (Wildman–Crippen LogP) is 2.26. The van der Waals surface area contributed by atoms with Crippen LogP contribution < -0.4 is 4.57 Å². The van der Waals surface area contributed by atoms with Gasteiger partial charge in [-0.2, -0.15) is 26.3 Å². The van der Waals surface area contributed by atoms with Crippen molar-refractivity contribution in [3.63, 3.8) is 0 Å². The van der Waals surface area contributed by atoms with E-state index in [1.165, 1.54) is 12.8 Å². The molecule has 1 heterocycles. The molecular weight excluding hydrogens is 428 g/mol. The van der Waals surface area contributed by atoms with Gasteiger partial charge in [0, 0.05) is 0 Å². The van der Waals surface area contributed by atoms with Crippen molar-refractivity contribution in [2.45, 2.75) is 38.7 Å². The fourth-order valence-electron chi connectivity index (χ4n) is 1.61. The van der Waals surface area contributed by atoms with Crippen molar-refractivity contribution in [1.82, 2.24) is 4.57 Å². The Morgan fingerprint density at radius 1 is 0.963 bits per heavy atom. The van der Waals surface area contributed by atoms with Gasteiger partial charge in [0.05, 0.1) is 33.6 Å². The van der Waals surface area contributed by atoms with Crippen molar-refractivity contribution in [3.8, 4) is 0 Å². The van der Waals surface area contributed by atoms with E-state index >= 15 is 0 Å². The van der Waals surface area contributed by atoms with Crippen LogP contribution in [-0.2, 0) is 33.6 Å². The maximum absolute atomic E-state index is 11.6. The molecule has 0 aliphatic heterocycles. The zero-order valence-electron chi connectivity index (χ0n) is 14.3. The lowest BCUT2D eigenvalue weighted by atomic mass is 10.3. The molecule has 0 unspecified atom stereocenters. The molecule has 0 aliphatic carbocycles. The summed E-state index contributed by atoms with van der Waals surface area (Å²) in [6, 6.07) is 0. The monoisotopic (exact) mass is 447 g/mol. The second-order valence-electron chi connectivity index (χ2n) is 5.43. The zero-order valence-corrected chi connectivity index (χ0v) is 16.0. The Morgan fingerprint density at radius 2 is 1.41 bits per heavy atom. The molecule has 0 bridgehead atoms. The molecule has 0 radical (unpaired) electrons. The van der Waals surface area contributed by atoms with Gasteiger partial charge in [0.25, 0.3) is 0 Å². The van der Waals surface area contributed by atoms with Crippen molar-refractivity contribution in [2.75, 3.05) is 11.5 Å². The smallest absolute Gasteiger partial charge is 0.401 e. The third-order valence-corrected chi connectivity index (χ3v) is 5.71. The molecule has 0 aliphatic rings. The maximum atomic E-state index is 11.6. The normalized spacial score (nSPS) is 13.2. The lowest BCUT2D eigenvalue weighted by Crippen LogP contribution is -2.30. The van der Waals surface area contributed by atoms with E-state index in [0.717, 1.165) is 6.54 Å². The quantitative estimate of drug-likeness (QED) is 0.474. The fraction of sp³-hybridized carbons (Fsp3) is 0.750. The van der Waals surface area contributed by atoms with Gasteiger partial charge in [-0.1, -0.05) is 13.3 Å². The van der Waals surface area contributed by atoms with Crippen LogP contribution in [0.2, 0.25) is 0 Å². The number of rotatable bonds is 7. The Bertz CT molecular complexity index is 741. The minimum absolute atomic E-state index is 1.15. The van der Waals surface area contributed by atoms with Crippen LogP contribution >= 0.6 is 0 Å². The number of imidazole rings is 1. The Labute approximate surface area is 153 Å². The Balaban J connectivity index is 0.000000569. The lowest BCUT2D eigenvalue weighted by Gasteiger charge is -2.21. The van der Waals surface area contributed by atoms with Gasteiger partial charge in [0.2, 0.25) is 6.33 Å². The molecule has 0 saturated heterocycles. The third kappa shape index (κ3) is 14.4. The highest BCUT2D eigenvalue weighted by Gasteiger charge is 2.35. The van der Waals surface area contributed by atoms with Crippen molar-refractivity contribution in [2.24, 2.45) is 7.05 Å². The van der Waals surface area contributed by atoms with E-state index in [-0.39, 0.29) is 0 Å². The first kappa shape index (κ1) is 25.6. The summed E-state index contributed by atoms with van der Waals surface area (Å²) < 4.78 is 118. The highest BCUT2D eigenvalue weighted by atomic mass is 32.3. The highest BCUT2D eigenvalue weighted by molar-refractivity contribution is 8.12. The predicted molar refractivity (Wildman–Crippen MR) is 83.6 cm³/mol. The first-order chi connectivity index (χ1) is 11.9. The van der Waals surface area contributed by atoms with Gasteiger partial charge in [-0.3, -0.25) is 0 Å². The number of hydrogen-bond acceptors (Lipinski definition) is 4. The summed E-state index contributed by atoms with van der Waals surface area (Å²) in [6.07, 6.45) is -1.77. The van der Waals surface area contributed by atoms with Crippen LogP contribution in [0, 0.1) is 0 Å². The standard InChI is InChI=1S/C8H15N2.C4H4F6NO4S2/c1-3-4-5-10-7-6-9(2)8-10;5-3(6,7)1-16(12,13)11-17(14,15)2-4(8,9)10/h6-8H,3-5H2,1-2H3;1-2H2/q+1;-1. The summed E-state index contributed by atoms with van der Waals surface area (Å²) in [5.74, 6) is -5.28. The maximum Gasteiger partial charge on any atom is 0.401 e. The van der Waals surface area contributed by atoms with Crippen molar-refractivity contribution in [1.29, 1.82) is 0 Å². The second kappa shape index (κ2) is 9.73. The summed E-state index contributed by atoms with van der Waals surface area (Å²) in [4.78, 5) is 0. The van der Waals surface area contributed by atoms with Gasteiger partial charge in [0.1, 0.15) is 23.9 Å². The van der Waals surface area contributed by atoms with Crippen LogP contribution in [0.15, 0.2) is 18.7 Å². The number of halogens is 6. The van der Waals surface area contributed by atoms with Gasteiger partial charge in [-0.15, -0.1) is 0 Å². The Kier molecular flexibility index (Phi) is 9.24. The number of nitrogens with zero attached hydrogens (tertiary/aromatic N) is 3. The average molecular weight is 447 g/mol. The number of aromatic nitrogens is 2. The summed E-state index contributed by atoms with van der Waals surface area (Å²) >= 11 is 0. The number of aryl methyl sites for hydroxylation is 2. The SMILES string of the molecule is CCCC[n+]1ccn(C)c1.O=S(=O)(CC(F)(F)F)[N-]S(=O)(=O)CC(F)(F)F. The largest absolute Gasteiger partial charge is 0.436 e. The number of alkyl halides is 6. The van der Waals surface area contributed by atoms with Crippen molar-refractivity contribution >= 4 is 20.0 Å². The molecule has 0 aromatic carbocycles. The van der Waals surface area contributed by atoms with Crippen LogP contribution in [0.5, 0.6) is 0 Å². The van der Waals surface area contributed by atoms with E-state index in [0.29, 0.717) is 0 Å². The molecule has 7 nitrogen and oxygen atoms in total. The van der Waals surface area contributed by atoms with Gasteiger partial charge < -0.3 is 4.13 Å². The molecule has 1 aromatic heterocycles. The number of sulfonamides is 2. The minimum atomic E-state index is -5.56. The zero-order chi connectivity index (χ0) is 21.5.